The first kappa shape index (κ1) is 15.5. The molecule has 0 bridgehead atoms. The van der Waals surface area contributed by atoms with E-state index in [9.17, 15) is 0 Å². The third kappa shape index (κ3) is 6.81. The Morgan fingerprint density at radius 3 is 2.47 bits per heavy atom. The van der Waals surface area contributed by atoms with Gasteiger partial charge in [-0.3, -0.25) is 0 Å². The zero-order chi connectivity index (χ0) is 13.9. The number of methoxy groups -OCH3 is 1. The third-order valence-corrected chi connectivity index (χ3v) is 2.69. The van der Waals surface area contributed by atoms with E-state index >= 15 is 0 Å². The molecular weight excluding hydrogens is 246 g/mol. The first-order chi connectivity index (χ1) is 9.26. The van der Waals surface area contributed by atoms with E-state index in [4.69, 9.17) is 20.3 Å². The van der Waals surface area contributed by atoms with E-state index in [-0.39, 0.29) is 6.01 Å². The minimum Gasteiger partial charge on any atom is -0.477 e. The van der Waals surface area contributed by atoms with E-state index in [0.29, 0.717) is 24.9 Å². The molecule has 0 atom stereocenters. The molecule has 0 aliphatic rings. The van der Waals surface area contributed by atoms with Crippen molar-refractivity contribution >= 4 is 5.82 Å². The summed E-state index contributed by atoms with van der Waals surface area (Å²) in [7, 11) is 1.49. The Bertz CT molecular complexity index is 361. The number of ether oxygens (including phenoxy) is 2. The fourth-order valence-electron chi connectivity index (χ4n) is 1.68. The monoisotopic (exact) mass is 269 g/mol. The third-order valence-electron chi connectivity index (χ3n) is 2.69. The SMILES string of the molecule is COc1nc(N)cc(OCCCCCCCCO)n1. The van der Waals surface area contributed by atoms with E-state index in [1.165, 1.54) is 13.5 Å². The lowest BCUT2D eigenvalue weighted by Gasteiger charge is -2.07. The van der Waals surface area contributed by atoms with Crippen LogP contribution in [0.4, 0.5) is 5.82 Å². The van der Waals surface area contributed by atoms with Crippen LogP contribution in [0.5, 0.6) is 11.9 Å². The molecule has 19 heavy (non-hydrogen) atoms. The van der Waals surface area contributed by atoms with Gasteiger partial charge in [0.2, 0.25) is 5.88 Å². The van der Waals surface area contributed by atoms with Gasteiger partial charge in [-0.15, -0.1) is 0 Å². The summed E-state index contributed by atoms with van der Waals surface area (Å²) in [4.78, 5) is 7.93. The number of nitrogen functional groups attached to an aromatic ring is 1. The quantitative estimate of drug-likeness (QED) is 0.629. The van der Waals surface area contributed by atoms with Crippen LogP contribution in [0.3, 0.4) is 0 Å². The molecule has 0 amide bonds. The van der Waals surface area contributed by atoms with Crippen LogP contribution in [0.25, 0.3) is 0 Å². The smallest absolute Gasteiger partial charge is 0.321 e. The van der Waals surface area contributed by atoms with Crippen molar-refractivity contribution in [2.75, 3.05) is 26.1 Å². The summed E-state index contributed by atoms with van der Waals surface area (Å²) in [5, 5.41) is 8.65. The Kier molecular flexibility index (Phi) is 7.65. The second kappa shape index (κ2) is 9.38. The van der Waals surface area contributed by atoms with Gasteiger partial charge >= 0.3 is 6.01 Å². The van der Waals surface area contributed by atoms with E-state index in [2.05, 4.69) is 9.97 Å². The standard InChI is InChI=1S/C13H23N3O3/c1-18-13-15-11(14)10-12(16-13)19-9-7-5-3-2-4-6-8-17/h10,17H,2-9H2,1H3,(H2,14,15,16). The maximum atomic E-state index is 8.65. The molecule has 1 rings (SSSR count). The van der Waals surface area contributed by atoms with Crippen molar-refractivity contribution in [1.29, 1.82) is 0 Å². The van der Waals surface area contributed by atoms with Gasteiger partial charge in [-0.2, -0.15) is 9.97 Å². The fourth-order valence-corrected chi connectivity index (χ4v) is 1.68. The summed E-state index contributed by atoms with van der Waals surface area (Å²) in [6, 6.07) is 1.81. The lowest BCUT2D eigenvalue weighted by molar-refractivity contribution is 0.277. The summed E-state index contributed by atoms with van der Waals surface area (Å²) >= 11 is 0. The van der Waals surface area contributed by atoms with Crippen LogP contribution in [-0.4, -0.2) is 35.4 Å². The number of hydrogen-bond acceptors (Lipinski definition) is 6. The van der Waals surface area contributed by atoms with Crippen molar-refractivity contribution in [2.24, 2.45) is 0 Å². The van der Waals surface area contributed by atoms with Crippen molar-refractivity contribution in [3.8, 4) is 11.9 Å². The van der Waals surface area contributed by atoms with Gasteiger partial charge in [0.15, 0.2) is 0 Å². The number of rotatable bonds is 10. The van der Waals surface area contributed by atoms with E-state index < -0.39 is 0 Å². The number of nitrogens with zero attached hydrogens (tertiary/aromatic N) is 2. The van der Waals surface area contributed by atoms with Crippen LogP contribution in [0.1, 0.15) is 38.5 Å². The maximum absolute atomic E-state index is 8.65. The maximum Gasteiger partial charge on any atom is 0.321 e. The molecule has 3 N–H and O–H groups in total. The Hall–Kier alpha value is -1.56. The molecule has 0 saturated carbocycles. The predicted molar refractivity (Wildman–Crippen MR) is 73.3 cm³/mol. The molecule has 0 radical (unpaired) electrons. The Morgan fingerprint density at radius 1 is 1.11 bits per heavy atom. The van der Waals surface area contributed by atoms with Crippen LogP contribution >= 0.6 is 0 Å². The van der Waals surface area contributed by atoms with E-state index in [1.807, 2.05) is 0 Å². The molecule has 0 aliphatic heterocycles. The van der Waals surface area contributed by atoms with Gasteiger partial charge in [0.25, 0.3) is 0 Å². The van der Waals surface area contributed by atoms with Gasteiger partial charge < -0.3 is 20.3 Å². The number of aliphatic hydroxyl groups is 1. The molecule has 0 spiro atoms. The molecule has 1 aromatic rings. The Labute approximate surface area is 114 Å². The normalized spacial score (nSPS) is 10.4. The van der Waals surface area contributed by atoms with E-state index in [1.54, 1.807) is 6.07 Å². The van der Waals surface area contributed by atoms with Crippen molar-refractivity contribution < 1.29 is 14.6 Å². The Morgan fingerprint density at radius 2 is 1.79 bits per heavy atom. The largest absolute Gasteiger partial charge is 0.477 e. The molecule has 0 aliphatic carbocycles. The topological polar surface area (TPSA) is 90.5 Å². The van der Waals surface area contributed by atoms with Crippen LogP contribution in [0.15, 0.2) is 6.07 Å². The number of hydrogen-bond donors (Lipinski definition) is 2. The van der Waals surface area contributed by atoms with Crippen LogP contribution in [0.2, 0.25) is 0 Å². The van der Waals surface area contributed by atoms with Crippen LogP contribution in [-0.2, 0) is 0 Å². The highest BCUT2D eigenvalue weighted by molar-refractivity contribution is 5.34. The molecule has 0 fully saturated rings. The van der Waals surface area contributed by atoms with Gasteiger partial charge in [0, 0.05) is 12.7 Å². The molecule has 6 heteroatoms. The van der Waals surface area contributed by atoms with Gasteiger partial charge in [-0.25, -0.2) is 0 Å². The highest BCUT2D eigenvalue weighted by Crippen LogP contribution is 2.15. The molecular formula is C13H23N3O3. The number of aliphatic hydroxyl groups excluding tert-OH is 1. The number of unbranched alkanes of at least 4 members (excludes halogenated alkanes) is 5. The summed E-state index contributed by atoms with van der Waals surface area (Å²) in [6.07, 6.45) is 6.41. The highest BCUT2D eigenvalue weighted by atomic mass is 16.5. The summed E-state index contributed by atoms with van der Waals surface area (Å²) in [5.41, 5.74) is 5.60. The molecule has 1 aromatic heterocycles. The van der Waals surface area contributed by atoms with Crippen molar-refractivity contribution in [3.63, 3.8) is 0 Å². The molecule has 0 saturated heterocycles. The highest BCUT2D eigenvalue weighted by Gasteiger charge is 2.03. The molecule has 108 valence electrons. The minimum absolute atomic E-state index is 0.221. The van der Waals surface area contributed by atoms with Crippen molar-refractivity contribution in [2.45, 2.75) is 38.5 Å². The van der Waals surface area contributed by atoms with Gasteiger partial charge in [0.05, 0.1) is 13.7 Å². The first-order valence-electron chi connectivity index (χ1n) is 6.68. The predicted octanol–water partition coefficient (Wildman–Crippen LogP) is 1.78. The van der Waals surface area contributed by atoms with Gasteiger partial charge in [0.1, 0.15) is 5.82 Å². The van der Waals surface area contributed by atoms with Gasteiger partial charge in [-0.05, 0) is 12.8 Å². The average Bonchev–Trinajstić information content (AvgIpc) is 2.41. The zero-order valence-electron chi connectivity index (χ0n) is 11.5. The first-order valence-corrected chi connectivity index (χ1v) is 6.68. The second-order valence-corrected chi connectivity index (χ2v) is 4.31. The second-order valence-electron chi connectivity index (χ2n) is 4.31. The summed E-state index contributed by atoms with van der Waals surface area (Å²) in [5.74, 6) is 0.787. The molecule has 6 nitrogen and oxygen atoms in total. The van der Waals surface area contributed by atoms with Crippen LogP contribution < -0.4 is 15.2 Å². The van der Waals surface area contributed by atoms with Crippen LogP contribution in [0, 0.1) is 0 Å². The minimum atomic E-state index is 0.221. The molecule has 0 aromatic carbocycles. The molecule has 1 heterocycles. The number of nitrogens with two attached hydrogens (primary N) is 1. The summed E-state index contributed by atoms with van der Waals surface area (Å²) in [6.45, 7) is 0.902. The lowest BCUT2D eigenvalue weighted by Crippen LogP contribution is -2.03. The lowest BCUT2D eigenvalue weighted by atomic mass is 10.1. The number of anilines is 1. The van der Waals surface area contributed by atoms with Crippen molar-refractivity contribution in [1.82, 2.24) is 9.97 Å². The molecule has 0 unspecified atom stereocenters. The average molecular weight is 269 g/mol. The fraction of sp³-hybridized carbons (Fsp3) is 0.692. The van der Waals surface area contributed by atoms with Crippen molar-refractivity contribution in [3.05, 3.63) is 6.07 Å². The Balaban J connectivity index is 2.13. The van der Waals surface area contributed by atoms with Gasteiger partial charge in [-0.1, -0.05) is 25.7 Å². The zero-order valence-corrected chi connectivity index (χ0v) is 11.5. The summed E-state index contributed by atoms with van der Waals surface area (Å²) < 4.78 is 10.4. The number of aromatic nitrogens is 2. The van der Waals surface area contributed by atoms with E-state index in [0.717, 1.165) is 32.1 Å².